The molecule has 0 fully saturated rings. The van der Waals surface area contributed by atoms with E-state index in [-0.39, 0.29) is 17.3 Å². The minimum atomic E-state index is -0.448. The highest BCUT2D eigenvalue weighted by molar-refractivity contribution is 5.96. The van der Waals surface area contributed by atoms with Gasteiger partial charge in [0.05, 0.1) is 10.6 Å². The summed E-state index contributed by atoms with van der Waals surface area (Å²) in [5, 5.41) is 20.1. The molecule has 0 saturated heterocycles. The lowest BCUT2D eigenvalue weighted by molar-refractivity contribution is -0.385. The molecule has 0 amide bonds. The van der Waals surface area contributed by atoms with Crippen molar-refractivity contribution in [1.82, 2.24) is 0 Å². The average molecular weight is 297 g/mol. The first-order valence-electron chi connectivity index (χ1n) is 6.52. The predicted molar refractivity (Wildman–Crippen MR) is 86.3 cm³/mol. The summed E-state index contributed by atoms with van der Waals surface area (Å²) in [6.45, 7) is 1.67. The molecular weight excluding hydrogens is 282 g/mol. The first-order valence-corrected chi connectivity index (χ1v) is 6.52. The second kappa shape index (κ2) is 6.53. The fourth-order valence-corrected chi connectivity index (χ4v) is 1.82. The van der Waals surface area contributed by atoms with Crippen molar-refractivity contribution in [1.29, 1.82) is 0 Å². The number of hydrogen-bond donors (Lipinski definition) is 2. The number of amidine groups is 1. The molecule has 0 aromatic heterocycles. The number of nitrogens with two attached hydrogens (primary N) is 1. The molecular formula is C16H15N3O3. The number of aromatic hydroxyl groups is 1. The van der Waals surface area contributed by atoms with Gasteiger partial charge in [0.1, 0.15) is 11.6 Å². The van der Waals surface area contributed by atoms with Crippen molar-refractivity contribution in [2.45, 2.75) is 6.92 Å². The first kappa shape index (κ1) is 15.2. The van der Waals surface area contributed by atoms with Crippen molar-refractivity contribution in [3.05, 3.63) is 69.8 Å². The van der Waals surface area contributed by atoms with Crippen LogP contribution in [0.15, 0.2) is 53.5 Å². The number of aryl methyl sites for hydroxylation is 1. The van der Waals surface area contributed by atoms with Gasteiger partial charge in [-0.05, 0) is 36.8 Å². The molecule has 0 radical (unpaired) electrons. The van der Waals surface area contributed by atoms with Crippen molar-refractivity contribution in [2.75, 3.05) is 0 Å². The molecule has 2 aromatic carbocycles. The van der Waals surface area contributed by atoms with Crippen LogP contribution in [0.4, 0.5) is 11.4 Å². The van der Waals surface area contributed by atoms with E-state index in [4.69, 9.17) is 5.73 Å². The van der Waals surface area contributed by atoms with Crippen LogP contribution in [-0.2, 0) is 0 Å². The maximum atomic E-state index is 10.9. The zero-order valence-electron chi connectivity index (χ0n) is 11.9. The van der Waals surface area contributed by atoms with Crippen LogP contribution in [0.3, 0.4) is 0 Å². The van der Waals surface area contributed by atoms with E-state index in [0.717, 1.165) is 5.56 Å². The summed E-state index contributed by atoms with van der Waals surface area (Å²) in [6.07, 6.45) is 3.33. The molecule has 0 atom stereocenters. The number of nitrogens with zero attached hydrogens (tertiary/aromatic N) is 2. The Morgan fingerprint density at radius 1 is 1.27 bits per heavy atom. The number of benzene rings is 2. The number of phenolic OH excluding ortho intramolecular Hbond substituents is 1. The Balaban J connectivity index is 2.20. The van der Waals surface area contributed by atoms with Gasteiger partial charge < -0.3 is 10.8 Å². The highest BCUT2D eigenvalue weighted by atomic mass is 16.6. The zero-order valence-corrected chi connectivity index (χ0v) is 11.9. The molecule has 0 aliphatic rings. The highest BCUT2D eigenvalue weighted by Crippen LogP contribution is 2.24. The van der Waals surface area contributed by atoms with Crippen LogP contribution < -0.4 is 5.73 Å². The standard InChI is InChI=1S/C16H15N3O3/c1-11-2-6-13(10-15(11)19(21)22)18-16(17)9-5-12-3-7-14(20)8-4-12/h2-10,20H,1H3,(H2,17,18)/b9-5+. The molecule has 0 aliphatic carbocycles. The molecule has 0 saturated carbocycles. The van der Waals surface area contributed by atoms with E-state index in [0.29, 0.717) is 11.3 Å². The van der Waals surface area contributed by atoms with Gasteiger partial charge in [-0.25, -0.2) is 4.99 Å². The van der Waals surface area contributed by atoms with E-state index < -0.39 is 4.92 Å². The molecule has 6 nitrogen and oxygen atoms in total. The maximum Gasteiger partial charge on any atom is 0.274 e. The minimum Gasteiger partial charge on any atom is -0.508 e. The van der Waals surface area contributed by atoms with Crippen molar-refractivity contribution in [3.8, 4) is 5.75 Å². The molecule has 112 valence electrons. The van der Waals surface area contributed by atoms with Gasteiger partial charge in [0, 0.05) is 11.6 Å². The Morgan fingerprint density at radius 2 is 1.95 bits per heavy atom. The summed E-state index contributed by atoms with van der Waals surface area (Å²) in [7, 11) is 0. The van der Waals surface area contributed by atoms with E-state index in [9.17, 15) is 15.2 Å². The summed E-state index contributed by atoms with van der Waals surface area (Å²) in [6, 6.07) is 11.3. The molecule has 0 aliphatic heterocycles. The average Bonchev–Trinajstić information content (AvgIpc) is 2.48. The Morgan fingerprint density at radius 3 is 2.59 bits per heavy atom. The topological polar surface area (TPSA) is 102 Å². The van der Waals surface area contributed by atoms with E-state index in [2.05, 4.69) is 4.99 Å². The zero-order chi connectivity index (χ0) is 16.1. The Labute approximate surface area is 127 Å². The smallest absolute Gasteiger partial charge is 0.274 e. The van der Waals surface area contributed by atoms with Gasteiger partial charge in [-0.1, -0.05) is 24.3 Å². The van der Waals surface area contributed by atoms with Crippen LogP contribution in [0.5, 0.6) is 5.75 Å². The Kier molecular flexibility index (Phi) is 4.53. The highest BCUT2D eigenvalue weighted by Gasteiger charge is 2.10. The molecule has 3 N–H and O–H groups in total. The van der Waals surface area contributed by atoms with Crippen molar-refractivity contribution >= 4 is 23.3 Å². The van der Waals surface area contributed by atoms with Gasteiger partial charge in [-0.15, -0.1) is 0 Å². The summed E-state index contributed by atoms with van der Waals surface area (Å²) in [4.78, 5) is 14.6. The third-order valence-corrected chi connectivity index (χ3v) is 2.99. The fraction of sp³-hybridized carbons (Fsp3) is 0.0625. The number of rotatable bonds is 4. The largest absolute Gasteiger partial charge is 0.508 e. The van der Waals surface area contributed by atoms with E-state index >= 15 is 0 Å². The van der Waals surface area contributed by atoms with Gasteiger partial charge in [0.2, 0.25) is 0 Å². The minimum absolute atomic E-state index is 0.0107. The number of nitro groups is 1. The van der Waals surface area contributed by atoms with Gasteiger partial charge in [-0.3, -0.25) is 10.1 Å². The summed E-state index contributed by atoms with van der Waals surface area (Å²) in [5.74, 6) is 0.414. The van der Waals surface area contributed by atoms with Crippen molar-refractivity contribution in [3.63, 3.8) is 0 Å². The molecule has 0 bridgehead atoms. The molecule has 0 spiro atoms. The number of phenols is 1. The summed E-state index contributed by atoms with van der Waals surface area (Å²) < 4.78 is 0. The molecule has 22 heavy (non-hydrogen) atoms. The SMILES string of the molecule is Cc1ccc(N=C(N)/C=C/c2ccc(O)cc2)cc1[N+](=O)[O-]. The third kappa shape index (κ3) is 3.92. The van der Waals surface area contributed by atoms with Crippen LogP contribution in [0.1, 0.15) is 11.1 Å². The number of hydrogen-bond acceptors (Lipinski definition) is 4. The monoisotopic (exact) mass is 297 g/mol. The van der Waals surface area contributed by atoms with Gasteiger partial charge in [0.15, 0.2) is 0 Å². The maximum absolute atomic E-state index is 10.9. The second-order valence-corrected chi connectivity index (χ2v) is 4.69. The van der Waals surface area contributed by atoms with Crippen LogP contribution in [0.2, 0.25) is 0 Å². The third-order valence-electron chi connectivity index (χ3n) is 2.99. The lowest BCUT2D eigenvalue weighted by atomic mass is 10.2. The number of nitro benzene ring substituents is 1. The van der Waals surface area contributed by atoms with Crippen LogP contribution in [0.25, 0.3) is 6.08 Å². The predicted octanol–water partition coefficient (Wildman–Crippen LogP) is 3.31. The van der Waals surface area contributed by atoms with Crippen molar-refractivity contribution in [2.24, 2.45) is 10.7 Å². The summed E-state index contributed by atoms with van der Waals surface area (Å²) >= 11 is 0. The van der Waals surface area contributed by atoms with Crippen LogP contribution >= 0.6 is 0 Å². The van der Waals surface area contributed by atoms with E-state index in [1.807, 2.05) is 0 Å². The molecule has 0 heterocycles. The quantitative estimate of drug-likeness (QED) is 0.391. The van der Waals surface area contributed by atoms with Crippen molar-refractivity contribution < 1.29 is 10.0 Å². The Hall–Kier alpha value is -3.15. The van der Waals surface area contributed by atoms with E-state index in [1.54, 1.807) is 55.5 Å². The second-order valence-electron chi connectivity index (χ2n) is 4.69. The molecule has 6 heteroatoms. The lowest BCUT2D eigenvalue weighted by Crippen LogP contribution is -2.06. The molecule has 2 aromatic rings. The molecule has 2 rings (SSSR count). The first-order chi connectivity index (χ1) is 10.5. The van der Waals surface area contributed by atoms with Gasteiger partial charge in [-0.2, -0.15) is 0 Å². The van der Waals surface area contributed by atoms with Gasteiger partial charge in [0.25, 0.3) is 5.69 Å². The molecule has 0 unspecified atom stereocenters. The Bertz CT molecular complexity index is 750. The lowest BCUT2D eigenvalue weighted by Gasteiger charge is -1.99. The van der Waals surface area contributed by atoms with Crippen LogP contribution in [0, 0.1) is 17.0 Å². The summed E-state index contributed by atoms with van der Waals surface area (Å²) in [5.41, 5.74) is 7.65. The van der Waals surface area contributed by atoms with E-state index in [1.165, 1.54) is 6.07 Å². The number of aliphatic imine (C=N–C) groups is 1. The van der Waals surface area contributed by atoms with Crippen LogP contribution in [-0.4, -0.2) is 15.9 Å². The fourth-order valence-electron chi connectivity index (χ4n) is 1.82. The van der Waals surface area contributed by atoms with Gasteiger partial charge >= 0.3 is 0 Å². The normalized spacial score (nSPS) is 11.8.